The summed E-state index contributed by atoms with van der Waals surface area (Å²) in [5, 5.41) is 0.812. The lowest BCUT2D eigenvalue weighted by atomic mass is 10.5. The van der Waals surface area contributed by atoms with E-state index in [9.17, 15) is 4.79 Å². The highest BCUT2D eigenvalue weighted by molar-refractivity contribution is 8.01. The van der Waals surface area contributed by atoms with Crippen LogP contribution >= 0.6 is 23.1 Å². The van der Waals surface area contributed by atoms with E-state index >= 15 is 0 Å². The van der Waals surface area contributed by atoms with E-state index in [-0.39, 0.29) is 0 Å². The molecule has 0 radical (unpaired) electrons. The Balaban J connectivity index is 1.99. The summed E-state index contributed by atoms with van der Waals surface area (Å²) < 4.78 is 1.02. The molecule has 3 rings (SSSR count). The number of thiophene rings is 1. The maximum atomic E-state index is 10.6. The summed E-state index contributed by atoms with van der Waals surface area (Å²) in [5.74, 6) is 0. The Labute approximate surface area is 104 Å². The number of aromatic amines is 1. The standard InChI is InChI=1S/C10H6N4OS2/c15-3-6-1-2-7(16-6)17-10-8-9(12-4-11-8)13-5-14-10/h1-5H,(H,11,12,13,14). The topological polar surface area (TPSA) is 71.5 Å². The first-order valence-corrected chi connectivity index (χ1v) is 6.37. The maximum absolute atomic E-state index is 10.6. The van der Waals surface area contributed by atoms with E-state index in [4.69, 9.17) is 0 Å². The molecule has 5 nitrogen and oxygen atoms in total. The molecule has 0 aliphatic heterocycles. The highest BCUT2D eigenvalue weighted by Gasteiger charge is 2.09. The van der Waals surface area contributed by atoms with Gasteiger partial charge in [0.1, 0.15) is 16.9 Å². The van der Waals surface area contributed by atoms with Crippen LogP contribution in [0.4, 0.5) is 0 Å². The molecule has 84 valence electrons. The molecule has 0 aliphatic rings. The first kappa shape index (κ1) is 10.4. The number of aldehydes is 1. The van der Waals surface area contributed by atoms with Crippen molar-refractivity contribution in [1.29, 1.82) is 0 Å². The van der Waals surface area contributed by atoms with Crippen molar-refractivity contribution in [3.05, 3.63) is 29.7 Å². The number of rotatable bonds is 3. The highest BCUT2D eigenvalue weighted by Crippen LogP contribution is 2.33. The van der Waals surface area contributed by atoms with Gasteiger partial charge in [-0.1, -0.05) is 11.8 Å². The second-order valence-electron chi connectivity index (χ2n) is 3.16. The molecule has 1 N–H and O–H groups in total. The number of carbonyl (C=O) groups is 1. The minimum atomic E-state index is 0.648. The Hall–Kier alpha value is -1.73. The van der Waals surface area contributed by atoms with E-state index in [1.807, 2.05) is 6.07 Å². The number of aromatic nitrogens is 4. The molecule has 0 aliphatic carbocycles. The van der Waals surface area contributed by atoms with Gasteiger partial charge in [0.15, 0.2) is 11.9 Å². The number of H-pyrrole nitrogens is 1. The van der Waals surface area contributed by atoms with Gasteiger partial charge >= 0.3 is 0 Å². The minimum Gasteiger partial charge on any atom is -0.341 e. The van der Waals surface area contributed by atoms with Crippen molar-refractivity contribution in [3.8, 4) is 0 Å². The zero-order valence-corrected chi connectivity index (χ0v) is 10.1. The molecule has 0 unspecified atom stereocenters. The second-order valence-corrected chi connectivity index (χ2v) is 5.56. The fraction of sp³-hybridized carbons (Fsp3) is 0. The van der Waals surface area contributed by atoms with Crippen LogP contribution in [-0.4, -0.2) is 26.2 Å². The van der Waals surface area contributed by atoms with Gasteiger partial charge in [-0.25, -0.2) is 15.0 Å². The SMILES string of the molecule is O=Cc1ccc(Sc2ncnc3nc[nH]c23)s1. The number of nitrogens with zero attached hydrogens (tertiary/aromatic N) is 3. The van der Waals surface area contributed by atoms with Gasteiger partial charge < -0.3 is 4.98 Å². The van der Waals surface area contributed by atoms with Crippen LogP contribution in [0.5, 0.6) is 0 Å². The molecule has 3 heterocycles. The molecule has 17 heavy (non-hydrogen) atoms. The molecule has 3 aromatic rings. The van der Waals surface area contributed by atoms with E-state index < -0.39 is 0 Å². The molecule has 7 heteroatoms. The highest BCUT2D eigenvalue weighted by atomic mass is 32.2. The maximum Gasteiger partial charge on any atom is 0.181 e. The predicted octanol–water partition coefficient (Wildman–Crippen LogP) is 2.38. The third kappa shape index (κ3) is 1.94. The van der Waals surface area contributed by atoms with Crippen molar-refractivity contribution >= 4 is 40.5 Å². The van der Waals surface area contributed by atoms with Crippen LogP contribution in [0.1, 0.15) is 9.67 Å². The lowest BCUT2D eigenvalue weighted by Crippen LogP contribution is -1.84. The van der Waals surface area contributed by atoms with Crippen LogP contribution in [0.3, 0.4) is 0 Å². The zero-order valence-electron chi connectivity index (χ0n) is 8.45. The largest absolute Gasteiger partial charge is 0.341 e. The summed E-state index contributed by atoms with van der Waals surface area (Å²) in [6.07, 6.45) is 3.93. The summed E-state index contributed by atoms with van der Waals surface area (Å²) in [6, 6.07) is 3.70. The van der Waals surface area contributed by atoms with Gasteiger partial charge in [-0.2, -0.15) is 0 Å². The summed E-state index contributed by atoms with van der Waals surface area (Å²) in [6.45, 7) is 0. The number of hydrogen-bond acceptors (Lipinski definition) is 6. The lowest BCUT2D eigenvalue weighted by molar-refractivity contribution is 0.112. The van der Waals surface area contributed by atoms with Gasteiger partial charge in [0, 0.05) is 0 Å². The molecule has 0 spiro atoms. The van der Waals surface area contributed by atoms with E-state index in [0.717, 1.165) is 21.0 Å². The third-order valence-corrected chi connectivity index (χ3v) is 4.25. The number of carbonyl (C=O) groups excluding carboxylic acids is 1. The van der Waals surface area contributed by atoms with Gasteiger partial charge in [-0.05, 0) is 12.1 Å². The zero-order chi connectivity index (χ0) is 11.7. The molecule has 0 atom stereocenters. The first-order chi connectivity index (χ1) is 8.36. The second kappa shape index (κ2) is 4.27. The molecule has 0 fully saturated rings. The summed E-state index contributed by atoms with van der Waals surface area (Å²) in [5.41, 5.74) is 1.47. The quantitative estimate of drug-likeness (QED) is 0.579. The fourth-order valence-corrected chi connectivity index (χ4v) is 3.29. The smallest absolute Gasteiger partial charge is 0.181 e. The van der Waals surface area contributed by atoms with Crippen LogP contribution in [0.25, 0.3) is 11.2 Å². The number of nitrogens with one attached hydrogen (secondary N) is 1. The molecule has 0 bridgehead atoms. The van der Waals surface area contributed by atoms with E-state index in [1.54, 1.807) is 12.4 Å². The molecule has 0 amide bonds. The molecule has 3 aromatic heterocycles. The summed E-state index contributed by atoms with van der Waals surface area (Å²) in [4.78, 5) is 26.6. The predicted molar refractivity (Wildman–Crippen MR) is 65.5 cm³/mol. The van der Waals surface area contributed by atoms with Gasteiger partial charge in [0.05, 0.1) is 15.4 Å². The summed E-state index contributed by atoms with van der Waals surface area (Å²) in [7, 11) is 0. The minimum absolute atomic E-state index is 0.648. The molecular formula is C10H6N4OS2. The Bertz CT molecular complexity index is 676. The fourth-order valence-electron chi connectivity index (χ4n) is 1.37. The van der Waals surface area contributed by atoms with Crippen molar-refractivity contribution in [2.75, 3.05) is 0 Å². The average Bonchev–Trinajstić information content (AvgIpc) is 2.97. The average molecular weight is 262 g/mol. The third-order valence-electron chi connectivity index (χ3n) is 2.10. The normalized spacial score (nSPS) is 10.8. The van der Waals surface area contributed by atoms with E-state index in [2.05, 4.69) is 19.9 Å². The lowest BCUT2D eigenvalue weighted by Gasteiger charge is -1.97. The Kier molecular flexibility index (Phi) is 2.62. The summed E-state index contributed by atoms with van der Waals surface area (Å²) >= 11 is 2.93. The molecular weight excluding hydrogens is 256 g/mol. The van der Waals surface area contributed by atoms with Crippen molar-refractivity contribution in [1.82, 2.24) is 19.9 Å². The van der Waals surface area contributed by atoms with Crippen molar-refractivity contribution in [3.63, 3.8) is 0 Å². The van der Waals surface area contributed by atoms with Gasteiger partial charge in [-0.15, -0.1) is 11.3 Å². The Morgan fingerprint density at radius 3 is 3.06 bits per heavy atom. The van der Waals surface area contributed by atoms with Gasteiger partial charge in [-0.3, -0.25) is 4.79 Å². The van der Waals surface area contributed by atoms with Crippen LogP contribution in [0.2, 0.25) is 0 Å². The van der Waals surface area contributed by atoms with Crippen LogP contribution in [0.15, 0.2) is 34.0 Å². The van der Waals surface area contributed by atoms with E-state index in [1.165, 1.54) is 29.4 Å². The molecule has 0 aromatic carbocycles. The van der Waals surface area contributed by atoms with Gasteiger partial charge in [0.2, 0.25) is 0 Å². The van der Waals surface area contributed by atoms with Gasteiger partial charge in [0.25, 0.3) is 0 Å². The van der Waals surface area contributed by atoms with Crippen LogP contribution < -0.4 is 0 Å². The van der Waals surface area contributed by atoms with Crippen LogP contribution in [0, 0.1) is 0 Å². The van der Waals surface area contributed by atoms with Crippen molar-refractivity contribution in [2.24, 2.45) is 0 Å². The monoisotopic (exact) mass is 262 g/mol. The van der Waals surface area contributed by atoms with E-state index in [0.29, 0.717) is 10.5 Å². The van der Waals surface area contributed by atoms with Crippen LogP contribution in [-0.2, 0) is 0 Å². The van der Waals surface area contributed by atoms with Crippen molar-refractivity contribution < 1.29 is 4.79 Å². The Morgan fingerprint density at radius 1 is 1.29 bits per heavy atom. The number of hydrogen-bond donors (Lipinski definition) is 1. The molecule has 0 saturated carbocycles. The molecule has 0 saturated heterocycles. The number of imidazole rings is 1. The first-order valence-electron chi connectivity index (χ1n) is 4.74. The number of fused-ring (bicyclic) bond motifs is 1. The Morgan fingerprint density at radius 2 is 2.24 bits per heavy atom. The van der Waals surface area contributed by atoms with Crippen molar-refractivity contribution in [2.45, 2.75) is 9.24 Å².